The first-order valence-electron chi connectivity index (χ1n) is 7.79. The summed E-state index contributed by atoms with van der Waals surface area (Å²) in [6.07, 6.45) is -0.0181. The van der Waals surface area contributed by atoms with E-state index in [4.69, 9.17) is 5.26 Å². The molecular formula is C19H17FN2O2. The molecule has 1 aliphatic rings. The van der Waals surface area contributed by atoms with Gasteiger partial charge in [0.2, 0.25) is 5.91 Å². The molecule has 1 aliphatic heterocycles. The van der Waals surface area contributed by atoms with Crippen LogP contribution >= 0.6 is 0 Å². The van der Waals surface area contributed by atoms with Crippen LogP contribution in [0.1, 0.15) is 29.2 Å². The minimum Gasteiger partial charge on any atom is -0.391 e. The second-order valence-corrected chi connectivity index (χ2v) is 5.99. The summed E-state index contributed by atoms with van der Waals surface area (Å²) in [5.41, 5.74) is 2.04. The fraction of sp³-hybridized carbons (Fsp3) is 0.263. The van der Waals surface area contributed by atoms with Crippen molar-refractivity contribution < 1.29 is 14.3 Å². The van der Waals surface area contributed by atoms with Crippen molar-refractivity contribution in [3.8, 4) is 6.07 Å². The highest BCUT2D eigenvalue weighted by Crippen LogP contribution is 2.33. The average Bonchev–Trinajstić information content (AvgIpc) is 2.98. The Labute approximate surface area is 139 Å². The monoisotopic (exact) mass is 324 g/mol. The Morgan fingerprint density at radius 3 is 2.71 bits per heavy atom. The topological polar surface area (TPSA) is 64.3 Å². The molecule has 0 radical (unpaired) electrons. The van der Waals surface area contributed by atoms with Crippen molar-refractivity contribution in [2.75, 3.05) is 6.54 Å². The predicted molar refractivity (Wildman–Crippen MR) is 86.3 cm³/mol. The largest absolute Gasteiger partial charge is 0.391 e. The fourth-order valence-electron chi connectivity index (χ4n) is 3.09. The van der Waals surface area contributed by atoms with Crippen molar-refractivity contribution in [2.24, 2.45) is 0 Å². The summed E-state index contributed by atoms with van der Waals surface area (Å²) >= 11 is 0. The van der Waals surface area contributed by atoms with Gasteiger partial charge in [0.15, 0.2) is 0 Å². The first-order valence-corrected chi connectivity index (χ1v) is 7.79. The van der Waals surface area contributed by atoms with E-state index in [0.717, 1.165) is 5.56 Å². The van der Waals surface area contributed by atoms with Crippen LogP contribution in [-0.4, -0.2) is 28.6 Å². The van der Waals surface area contributed by atoms with Crippen LogP contribution in [0.25, 0.3) is 0 Å². The molecule has 2 atom stereocenters. The molecule has 3 rings (SSSR count). The number of carbonyl (C=O) groups excluding carboxylic acids is 1. The lowest BCUT2D eigenvalue weighted by molar-refractivity contribution is -0.131. The number of amides is 1. The van der Waals surface area contributed by atoms with E-state index in [1.807, 2.05) is 6.07 Å². The smallest absolute Gasteiger partial charge is 0.227 e. The van der Waals surface area contributed by atoms with E-state index in [9.17, 15) is 14.3 Å². The number of β-amino-alcohol motifs (C(OH)–C–C–N with tert-alkyl or cyclic N) is 1. The lowest BCUT2D eigenvalue weighted by Crippen LogP contribution is -2.33. The van der Waals surface area contributed by atoms with Crippen LogP contribution < -0.4 is 0 Å². The third-order valence-electron chi connectivity index (χ3n) is 4.27. The molecule has 0 saturated carbocycles. The van der Waals surface area contributed by atoms with Crippen molar-refractivity contribution in [1.29, 1.82) is 5.26 Å². The molecule has 0 unspecified atom stereocenters. The lowest BCUT2D eigenvalue weighted by atomic mass is 10.0. The maximum atomic E-state index is 13.5. The Hall–Kier alpha value is -2.71. The highest BCUT2D eigenvalue weighted by Gasteiger charge is 2.35. The van der Waals surface area contributed by atoms with Gasteiger partial charge in [0.1, 0.15) is 5.82 Å². The number of nitriles is 1. The van der Waals surface area contributed by atoms with Gasteiger partial charge in [-0.3, -0.25) is 4.79 Å². The number of halogens is 1. The number of benzene rings is 2. The molecule has 0 aliphatic carbocycles. The lowest BCUT2D eigenvalue weighted by Gasteiger charge is -2.25. The molecule has 122 valence electrons. The molecule has 24 heavy (non-hydrogen) atoms. The Balaban J connectivity index is 1.77. The molecule has 0 aromatic heterocycles. The van der Waals surface area contributed by atoms with Crippen LogP contribution in [-0.2, 0) is 11.2 Å². The highest BCUT2D eigenvalue weighted by atomic mass is 19.1. The van der Waals surface area contributed by atoms with Crippen LogP contribution in [0, 0.1) is 17.1 Å². The summed E-state index contributed by atoms with van der Waals surface area (Å²) in [4.78, 5) is 14.2. The molecule has 1 amide bonds. The number of carbonyl (C=O) groups is 1. The van der Waals surface area contributed by atoms with Crippen LogP contribution in [0.2, 0.25) is 0 Å². The summed E-state index contributed by atoms with van der Waals surface area (Å²) in [7, 11) is 0. The third-order valence-corrected chi connectivity index (χ3v) is 4.27. The van der Waals surface area contributed by atoms with E-state index >= 15 is 0 Å². The van der Waals surface area contributed by atoms with Crippen molar-refractivity contribution in [1.82, 2.24) is 4.90 Å². The van der Waals surface area contributed by atoms with Gasteiger partial charge in [-0.15, -0.1) is 0 Å². The predicted octanol–water partition coefficient (Wildman–Crippen LogP) is 2.57. The number of hydrogen-bond donors (Lipinski definition) is 1. The van der Waals surface area contributed by atoms with Crippen molar-refractivity contribution in [3.63, 3.8) is 0 Å². The molecular weight excluding hydrogens is 307 g/mol. The Kier molecular flexibility index (Phi) is 4.59. The summed E-state index contributed by atoms with van der Waals surface area (Å²) in [5.74, 6) is -0.473. The Morgan fingerprint density at radius 2 is 2.04 bits per heavy atom. The third kappa shape index (κ3) is 3.44. The fourth-order valence-corrected chi connectivity index (χ4v) is 3.09. The number of likely N-dealkylation sites (tertiary alicyclic amines) is 1. The zero-order valence-corrected chi connectivity index (χ0v) is 13.0. The van der Waals surface area contributed by atoms with E-state index in [1.165, 1.54) is 12.1 Å². The van der Waals surface area contributed by atoms with Gasteiger partial charge in [-0.05, 0) is 41.8 Å². The van der Waals surface area contributed by atoms with Crippen LogP contribution in [0.4, 0.5) is 4.39 Å². The standard InChI is InChI=1S/C19H17FN2O2/c20-16-3-1-2-15(9-16)18-10-17(23)12-22(18)19(24)8-13-4-6-14(11-21)7-5-13/h1-7,9,17-18,23H,8,10,12H2/t17-,18-/m0/s1. The van der Waals surface area contributed by atoms with Gasteiger partial charge in [-0.2, -0.15) is 5.26 Å². The maximum absolute atomic E-state index is 13.5. The summed E-state index contributed by atoms with van der Waals surface area (Å²) in [6, 6.07) is 14.7. The molecule has 0 bridgehead atoms. The number of nitrogens with zero attached hydrogens (tertiary/aromatic N) is 2. The van der Waals surface area contributed by atoms with Crippen LogP contribution in [0.15, 0.2) is 48.5 Å². The number of aliphatic hydroxyl groups excluding tert-OH is 1. The quantitative estimate of drug-likeness (QED) is 0.944. The second kappa shape index (κ2) is 6.81. The zero-order valence-electron chi connectivity index (χ0n) is 13.0. The summed E-state index contributed by atoms with van der Waals surface area (Å²) in [6.45, 7) is 0.246. The normalized spacial score (nSPS) is 20.0. The van der Waals surface area contributed by atoms with E-state index in [-0.39, 0.29) is 30.7 Å². The van der Waals surface area contributed by atoms with E-state index in [0.29, 0.717) is 17.5 Å². The molecule has 5 heteroatoms. The second-order valence-electron chi connectivity index (χ2n) is 5.99. The number of aliphatic hydroxyl groups is 1. The van der Waals surface area contributed by atoms with Gasteiger partial charge < -0.3 is 10.0 Å². The number of rotatable bonds is 3. The van der Waals surface area contributed by atoms with Crippen LogP contribution in [0.3, 0.4) is 0 Å². The molecule has 1 fully saturated rings. The van der Waals surface area contributed by atoms with Gasteiger partial charge >= 0.3 is 0 Å². The molecule has 1 heterocycles. The van der Waals surface area contributed by atoms with Crippen molar-refractivity contribution >= 4 is 5.91 Å². The Bertz CT molecular complexity index is 783. The Morgan fingerprint density at radius 1 is 1.29 bits per heavy atom. The van der Waals surface area contributed by atoms with E-state index < -0.39 is 6.10 Å². The van der Waals surface area contributed by atoms with Gasteiger partial charge in [0, 0.05) is 6.54 Å². The molecule has 1 saturated heterocycles. The first-order chi connectivity index (χ1) is 11.6. The van der Waals surface area contributed by atoms with E-state index in [1.54, 1.807) is 41.3 Å². The minimum absolute atomic E-state index is 0.120. The van der Waals surface area contributed by atoms with Gasteiger partial charge in [0.25, 0.3) is 0 Å². The van der Waals surface area contributed by atoms with Crippen LogP contribution in [0.5, 0.6) is 0 Å². The SMILES string of the molecule is N#Cc1ccc(CC(=O)N2C[C@@H](O)C[C@H]2c2cccc(F)c2)cc1. The average molecular weight is 324 g/mol. The molecule has 4 nitrogen and oxygen atoms in total. The molecule has 1 N–H and O–H groups in total. The van der Waals surface area contributed by atoms with Crippen molar-refractivity contribution in [3.05, 3.63) is 71.0 Å². The highest BCUT2D eigenvalue weighted by molar-refractivity contribution is 5.79. The summed E-state index contributed by atoms with van der Waals surface area (Å²) < 4.78 is 13.5. The zero-order chi connectivity index (χ0) is 17.1. The maximum Gasteiger partial charge on any atom is 0.227 e. The number of hydrogen-bond acceptors (Lipinski definition) is 3. The van der Waals surface area contributed by atoms with E-state index in [2.05, 4.69) is 0 Å². The first kappa shape index (κ1) is 16.2. The molecule has 2 aromatic rings. The van der Waals surface area contributed by atoms with Gasteiger partial charge in [-0.1, -0.05) is 24.3 Å². The van der Waals surface area contributed by atoms with Crippen molar-refractivity contribution in [2.45, 2.75) is 25.0 Å². The minimum atomic E-state index is -0.608. The van der Waals surface area contributed by atoms with Gasteiger partial charge in [0.05, 0.1) is 30.2 Å². The molecule has 0 spiro atoms. The van der Waals surface area contributed by atoms with Gasteiger partial charge in [-0.25, -0.2) is 4.39 Å². The molecule has 2 aromatic carbocycles. The summed E-state index contributed by atoms with van der Waals surface area (Å²) in [5, 5.41) is 18.8.